The van der Waals surface area contributed by atoms with Crippen LogP contribution >= 0.6 is 0 Å². The van der Waals surface area contributed by atoms with E-state index in [1.165, 1.54) is 270 Å². The van der Waals surface area contributed by atoms with Crippen LogP contribution in [0.1, 0.15) is 386 Å². The topological polar surface area (TPSA) is 72.8 Å². The molecule has 0 heterocycles. The Kier molecular flexibility index (Phi) is 74.8. The van der Waals surface area contributed by atoms with Crippen LogP contribution < -0.4 is 0 Å². The third kappa shape index (κ3) is 75.0. The maximum Gasteiger partial charge on any atom is 0.306 e. The first kappa shape index (κ1) is 84.6. The smallest absolute Gasteiger partial charge is 0.306 e. The number of aliphatic hydroxyl groups is 1. The molecule has 0 aliphatic carbocycles. The van der Waals surface area contributed by atoms with Gasteiger partial charge in [-0.25, -0.2) is 0 Å². The maximum absolute atomic E-state index is 12.4. The molecule has 508 valence electrons. The van der Waals surface area contributed by atoms with Gasteiger partial charge in [0.1, 0.15) is 6.61 Å². The maximum atomic E-state index is 12.4. The van der Waals surface area contributed by atoms with Crippen LogP contribution in [0.4, 0.5) is 0 Å². The SMILES string of the molecule is CC/C=C\C/C=C\C/C=C\C/C=C\C/C=C\C/C=C\C/C=C\CCCCCCCCCCCCCCCCCCCC(=O)OC(CO)COC(=O)CCCCCCCCCCCCCCCCCCCCCCCCC/C=C\C/C=C\CCCCCCC. The Hall–Kier alpha value is -3.44. The number of ether oxygens (including phenoxy) is 2. The Labute approximate surface area is 548 Å². The van der Waals surface area contributed by atoms with Crippen molar-refractivity contribution in [3.63, 3.8) is 0 Å². The van der Waals surface area contributed by atoms with Crippen molar-refractivity contribution in [2.24, 2.45) is 0 Å². The zero-order valence-corrected chi connectivity index (χ0v) is 58.5. The van der Waals surface area contributed by atoms with Crippen LogP contribution in [0.3, 0.4) is 0 Å². The minimum absolute atomic E-state index is 0.0641. The van der Waals surface area contributed by atoms with Crippen molar-refractivity contribution in [1.82, 2.24) is 0 Å². The minimum Gasteiger partial charge on any atom is -0.462 e. The van der Waals surface area contributed by atoms with E-state index in [1.807, 2.05) is 0 Å². The Morgan fingerprint density at radius 3 is 0.739 bits per heavy atom. The summed E-state index contributed by atoms with van der Waals surface area (Å²) in [6.45, 7) is 4.06. The Bertz CT molecular complexity index is 1670. The Morgan fingerprint density at radius 1 is 0.273 bits per heavy atom. The average Bonchev–Trinajstić information content (AvgIpc) is 3.54. The van der Waals surface area contributed by atoms with Crippen LogP contribution in [0.25, 0.3) is 0 Å². The van der Waals surface area contributed by atoms with Gasteiger partial charge in [0, 0.05) is 12.8 Å². The van der Waals surface area contributed by atoms with Gasteiger partial charge < -0.3 is 14.6 Å². The van der Waals surface area contributed by atoms with E-state index in [4.69, 9.17) is 9.47 Å². The molecule has 0 rings (SSSR count). The summed E-state index contributed by atoms with van der Waals surface area (Å²) in [6, 6.07) is 0. The summed E-state index contributed by atoms with van der Waals surface area (Å²) in [7, 11) is 0. The zero-order valence-electron chi connectivity index (χ0n) is 58.5. The third-order valence-corrected chi connectivity index (χ3v) is 17.1. The van der Waals surface area contributed by atoms with E-state index in [0.29, 0.717) is 12.8 Å². The summed E-state index contributed by atoms with van der Waals surface area (Å²) in [5, 5.41) is 9.72. The molecule has 88 heavy (non-hydrogen) atoms. The van der Waals surface area contributed by atoms with Crippen molar-refractivity contribution in [2.75, 3.05) is 13.2 Å². The summed E-state index contributed by atoms with van der Waals surface area (Å²) >= 11 is 0. The largest absolute Gasteiger partial charge is 0.462 e. The first-order valence-corrected chi connectivity index (χ1v) is 38.4. The van der Waals surface area contributed by atoms with Crippen molar-refractivity contribution < 1.29 is 24.2 Å². The molecule has 0 amide bonds. The molecule has 5 nitrogen and oxygen atoms in total. The molecule has 0 aliphatic rings. The summed E-state index contributed by atoms with van der Waals surface area (Å²) in [4.78, 5) is 24.7. The lowest BCUT2D eigenvalue weighted by molar-refractivity contribution is -0.161. The van der Waals surface area contributed by atoms with Crippen LogP contribution in [0, 0.1) is 0 Å². The van der Waals surface area contributed by atoms with Gasteiger partial charge in [-0.15, -0.1) is 0 Å². The molecule has 1 N–H and O–H groups in total. The van der Waals surface area contributed by atoms with Crippen molar-refractivity contribution in [2.45, 2.75) is 392 Å². The normalized spacial score (nSPS) is 12.8. The highest BCUT2D eigenvalue weighted by molar-refractivity contribution is 5.70. The molecule has 0 aromatic rings. The van der Waals surface area contributed by atoms with Gasteiger partial charge in [-0.2, -0.15) is 0 Å². The monoisotopic (exact) mass is 1220 g/mol. The van der Waals surface area contributed by atoms with Gasteiger partial charge in [-0.3, -0.25) is 9.59 Å². The molecule has 0 aromatic heterocycles. The minimum atomic E-state index is -0.776. The lowest BCUT2D eigenvalue weighted by Crippen LogP contribution is -2.28. The van der Waals surface area contributed by atoms with Gasteiger partial charge in [-0.05, 0) is 103 Å². The molecule has 0 saturated carbocycles. The molecule has 0 radical (unpaired) electrons. The first-order valence-electron chi connectivity index (χ1n) is 38.4. The molecule has 0 spiro atoms. The second-order valence-electron chi connectivity index (χ2n) is 25.7. The van der Waals surface area contributed by atoms with E-state index in [1.54, 1.807) is 0 Å². The fourth-order valence-corrected chi connectivity index (χ4v) is 11.3. The van der Waals surface area contributed by atoms with E-state index in [0.717, 1.165) is 89.9 Å². The first-order chi connectivity index (χ1) is 43.6. The molecule has 1 atom stereocenters. The van der Waals surface area contributed by atoms with Gasteiger partial charge in [0.15, 0.2) is 6.10 Å². The number of allylic oxidation sites excluding steroid dienone is 18. The summed E-state index contributed by atoms with van der Waals surface area (Å²) in [5.41, 5.74) is 0. The van der Waals surface area contributed by atoms with Crippen LogP contribution in [0.5, 0.6) is 0 Å². The van der Waals surface area contributed by atoms with E-state index in [-0.39, 0.29) is 25.2 Å². The van der Waals surface area contributed by atoms with Crippen molar-refractivity contribution in [1.29, 1.82) is 0 Å². The molecule has 0 aliphatic heterocycles. The number of hydrogen-bond donors (Lipinski definition) is 1. The second kappa shape index (κ2) is 77.8. The van der Waals surface area contributed by atoms with Crippen LogP contribution in [-0.2, 0) is 19.1 Å². The molecular weight excluding hydrogens is 1080 g/mol. The van der Waals surface area contributed by atoms with E-state index in [2.05, 4.69) is 123 Å². The van der Waals surface area contributed by atoms with Gasteiger partial charge in [0.2, 0.25) is 0 Å². The average molecular weight is 1220 g/mol. The van der Waals surface area contributed by atoms with E-state index < -0.39 is 6.10 Å². The highest BCUT2D eigenvalue weighted by atomic mass is 16.6. The predicted octanol–water partition coefficient (Wildman–Crippen LogP) is 27.1. The van der Waals surface area contributed by atoms with E-state index in [9.17, 15) is 14.7 Å². The Balaban J connectivity index is 3.43. The molecule has 0 aromatic carbocycles. The van der Waals surface area contributed by atoms with Crippen LogP contribution in [-0.4, -0.2) is 36.4 Å². The highest BCUT2D eigenvalue weighted by Crippen LogP contribution is 2.19. The predicted molar refractivity (Wildman–Crippen MR) is 389 cm³/mol. The number of unbranched alkanes of at least 4 members (excludes halogenated alkanes) is 45. The third-order valence-electron chi connectivity index (χ3n) is 17.1. The number of rotatable bonds is 71. The molecular formula is C83H146O5. The molecule has 1 unspecified atom stereocenters. The van der Waals surface area contributed by atoms with Crippen LogP contribution in [0.15, 0.2) is 109 Å². The standard InChI is InChI=1S/C83H146O5/c1-3-5-7-9-11-13-15-17-19-21-23-25-27-29-31-33-35-37-39-40-41-42-44-46-48-50-52-54-56-58-60-62-64-66-68-70-72-74-76-78-83(86)88-81(79-84)80-87-82(85)77-75-73-71-69-67-65-63-61-59-57-55-53-51-49-47-45-43-38-36-34-32-30-28-26-24-22-20-18-16-14-12-10-8-6-4-2/h5,7,11,13,16-19,22-25,29,31,35,37,40-41,81,84H,3-4,6,8-10,12,14-15,20-21,26-28,30,32-34,36,38-39,42-80H2,1-2H3/b7-5-,13-11-,18-16-,19-17-,24-22-,25-23-,31-29-,37-35-,41-40-. The second-order valence-corrected chi connectivity index (χ2v) is 25.7. The van der Waals surface area contributed by atoms with E-state index >= 15 is 0 Å². The van der Waals surface area contributed by atoms with Gasteiger partial charge >= 0.3 is 11.9 Å². The molecule has 0 fully saturated rings. The van der Waals surface area contributed by atoms with Gasteiger partial charge in [0.25, 0.3) is 0 Å². The summed E-state index contributed by atoms with van der Waals surface area (Å²) in [5.74, 6) is -0.573. The lowest BCUT2D eigenvalue weighted by atomic mass is 10.0. The van der Waals surface area contributed by atoms with Crippen molar-refractivity contribution in [3.05, 3.63) is 109 Å². The van der Waals surface area contributed by atoms with Crippen molar-refractivity contribution in [3.8, 4) is 0 Å². The van der Waals surface area contributed by atoms with Crippen molar-refractivity contribution >= 4 is 11.9 Å². The molecule has 0 bridgehead atoms. The fourth-order valence-electron chi connectivity index (χ4n) is 11.3. The molecule has 5 heteroatoms. The summed E-state index contributed by atoms with van der Waals surface area (Å²) < 4.78 is 10.8. The number of esters is 2. The number of carbonyl (C=O) groups excluding carboxylic acids is 2. The highest BCUT2D eigenvalue weighted by Gasteiger charge is 2.16. The lowest BCUT2D eigenvalue weighted by Gasteiger charge is -2.15. The fraction of sp³-hybridized carbons (Fsp3) is 0.759. The zero-order chi connectivity index (χ0) is 63.3. The van der Waals surface area contributed by atoms with Crippen LogP contribution in [0.2, 0.25) is 0 Å². The van der Waals surface area contributed by atoms with Gasteiger partial charge in [0.05, 0.1) is 6.61 Å². The quantitative estimate of drug-likeness (QED) is 0.0373. The number of hydrogen-bond acceptors (Lipinski definition) is 5. The van der Waals surface area contributed by atoms with Gasteiger partial charge in [-0.1, -0.05) is 380 Å². The summed E-state index contributed by atoms with van der Waals surface area (Å²) in [6.07, 6.45) is 113. The number of aliphatic hydroxyl groups excluding tert-OH is 1. The number of carbonyl (C=O) groups is 2. The molecule has 0 saturated heterocycles. The Morgan fingerprint density at radius 2 is 0.489 bits per heavy atom.